The van der Waals surface area contributed by atoms with Crippen LogP contribution in [-0.2, 0) is 5.33 Å². The van der Waals surface area contributed by atoms with Gasteiger partial charge in [-0.25, -0.2) is 0 Å². The third kappa shape index (κ3) is 1.39. The number of nitriles is 1. The molecule has 0 bridgehead atoms. The smallest absolute Gasteiger partial charge is 0.101 e. The SMILES string of the molecule is N#Cc1csc2cc(N)cc(CBr)c12. The Morgan fingerprint density at radius 1 is 1.50 bits per heavy atom. The summed E-state index contributed by atoms with van der Waals surface area (Å²) in [6.45, 7) is 0. The molecule has 2 aromatic rings. The van der Waals surface area contributed by atoms with Gasteiger partial charge in [-0.1, -0.05) is 15.9 Å². The number of nitrogen functional groups attached to an aromatic ring is 1. The van der Waals surface area contributed by atoms with Crippen molar-refractivity contribution in [2.75, 3.05) is 5.73 Å². The van der Waals surface area contributed by atoms with Gasteiger partial charge in [0.25, 0.3) is 0 Å². The molecule has 14 heavy (non-hydrogen) atoms. The number of rotatable bonds is 1. The molecule has 0 spiro atoms. The summed E-state index contributed by atoms with van der Waals surface area (Å²) in [6, 6.07) is 6.01. The summed E-state index contributed by atoms with van der Waals surface area (Å²) in [5.41, 5.74) is 8.32. The van der Waals surface area contributed by atoms with Gasteiger partial charge >= 0.3 is 0 Å². The fourth-order valence-electron chi connectivity index (χ4n) is 1.46. The van der Waals surface area contributed by atoms with Crippen LogP contribution in [0.4, 0.5) is 5.69 Å². The number of thiophene rings is 1. The average molecular weight is 267 g/mol. The molecule has 0 unspecified atom stereocenters. The van der Waals surface area contributed by atoms with Gasteiger partial charge in [-0.05, 0) is 17.7 Å². The molecule has 1 aromatic heterocycles. The predicted molar refractivity (Wildman–Crippen MR) is 63.6 cm³/mol. The molecule has 0 aliphatic carbocycles. The Bertz CT molecular complexity index is 525. The molecular weight excluding hydrogens is 260 g/mol. The fourth-order valence-corrected chi connectivity index (χ4v) is 2.89. The minimum atomic E-state index is 0.722. The van der Waals surface area contributed by atoms with Crippen LogP contribution in [0.5, 0.6) is 0 Å². The summed E-state index contributed by atoms with van der Waals surface area (Å²) >= 11 is 4.96. The van der Waals surface area contributed by atoms with Crippen molar-refractivity contribution in [1.29, 1.82) is 5.26 Å². The van der Waals surface area contributed by atoms with Crippen LogP contribution in [0.1, 0.15) is 11.1 Å². The Morgan fingerprint density at radius 3 is 2.93 bits per heavy atom. The van der Waals surface area contributed by atoms with Crippen molar-refractivity contribution in [3.63, 3.8) is 0 Å². The van der Waals surface area contributed by atoms with Gasteiger partial charge in [-0.3, -0.25) is 0 Å². The molecule has 2 N–H and O–H groups in total. The number of nitrogens with two attached hydrogens (primary N) is 1. The van der Waals surface area contributed by atoms with Crippen molar-refractivity contribution in [3.8, 4) is 6.07 Å². The Labute approximate surface area is 94.1 Å². The number of hydrogen-bond donors (Lipinski definition) is 1. The molecule has 0 saturated carbocycles. The van der Waals surface area contributed by atoms with Crippen LogP contribution >= 0.6 is 27.3 Å². The number of nitrogens with zero attached hydrogens (tertiary/aromatic N) is 1. The highest BCUT2D eigenvalue weighted by atomic mass is 79.9. The predicted octanol–water partition coefficient (Wildman–Crippen LogP) is 3.25. The zero-order chi connectivity index (χ0) is 10.1. The van der Waals surface area contributed by atoms with Gasteiger partial charge in [0.2, 0.25) is 0 Å². The minimum Gasteiger partial charge on any atom is -0.399 e. The maximum absolute atomic E-state index is 8.92. The number of anilines is 1. The number of benzene rings is 1. The summed E-state index contributed by atoms with van der Waals surface area (Å²) in [5.74, 6) is 0. The van der Waals surface area contributed by atoms with Gasteiger partial charge in [0.1, 0.15) is 6.07 Å². The molecule has 2 rings (SSSR count). The Hall–Kier alpha value is -1.05. The quantitative estimate of drug-likeness (QED) is 0.637. The number of alkyl halides is 1. The van der Waals surface area contributed by atoms with Crippen molar-refractivity contribution < 1.29 is 0 Å². The normalized spacial score (nSPS) is 10.3. The second kappa shape index (κ2) is 3.60. The van der Waals surface area contributed by atoms with E-state index in [0.717, 1.165) is 32.2 Å². The van der Waals surface area contributed by atoms with E-state index in [4.69, 9.17) is 11.0 Å². The van der Waals surface area contributed by atoms with Gasteiger partial charge in [-0.2, -0.15) is 5.26 Å². The van der Waals surface area contributed by atoms with Crippen LogP contribution in [0.2, 0.25) is 0 Å². The van der Waals surface area contributed by atoms with E-state index in [9.17, 15) is 0 Å². The van der Waals surface area contributed by atoms with Crippen molar-refractivity contribution in [1.82, 2.24) is 0 Å². The molecule has 0 aliphatic rings. The minimum absolute atomic E-state index is 0.722. The maximum atomic E-state index is 8.92. The largest absolute Gasteiger partial charge is 0.399 e. The van der Waals surface area contributed by atoms with Crippen LogP contribution in [0.3, 0.4) is 0 Å². The molecule has 0 atom stereocenters. The molecule has 0 aliphatic heterocycles. The zero-order valence-electron chi connectivity index (χ0n) is 7.25. The van der Waals surface area contributed by atoms with Crippen molar-refractivity contribution in [3.05, 3.63) is 28.6 Å². The standard InChI is InChI=1S/C10H7BrN2S/c11-3-6-1-8(13)2-9-10(6)7(4-12)5-14-9/h1-2,5H,3,13H2. The van der Waals surface area contributed by atoms with Crippen molar-refractivity contribution in [2.24, 2.45) is 0 Å². The average Bonchev–Trinajstić information content (AvgIpc) is 2.59. The lowest BCUT2D eigenvalue weighted by Crippen LogP contribution is -1.88. The van der Waals surface area contributed by atoms with E-state index >= 15 is 0 Å². The second-order valence-corrected chi connectivity index (χ2v) is 4.42. The molecule has 4 heteroatoms. The van der Waals surface area contributed by atoms with Crippen LogP contribution in [0, 0.1) is 11.3 Å². The monoisotopic (exact) mass is 266 g/mol. The summed E-state index contributed by atoms with van der Waals surface area (Å²) < 4.78 is 1.08. The van der Waals surface area contributed by atoms with E-state index in [2.05, 4.69) is 22.0 Å². The van der Waals surface area contributed by atoms with Crippen LogP contribution in [-0.4, -0.2) is 0 Å². The molecule has 70 valence electrons. The molecule has 1 aromatic carbocycles. The first kappa shape index (κ1) is 9.50. The third-order valence-corrected chi connectivity index (χ3v) is 3.58. The zero-order valence-corrected chi connectivity index (χ0v) is 9.65. The number of fused-ring (bicyclic) bond motifs is 1. The molecule has 0 radical (unpaired) electrons. The van der Waals surface area contributed by atoms with Crippen LogP contribution in [0.25, 0.3) is 10.1 Å². The molecule has 0 fully saturated rings. The fraction of sp³-hybridized carbons (Fsp3) is 0.100. The van der Waals surface area contributed by atoms with Gasteiger partial charge in [0.05, 0.1) is 5.56 Å². The second-order valence-electron chi connectivity index (χ2n) is 2.95. The molecule has 1 heterocycles. The van der Waals surface area contributed by atoms with E-state index < -0.39 is 0 Å². The van der Waals surface area contributed by atoms with Crippen LogP contribution in [0.15, 0.2) is 17.5 Å². The van der Waals surface area contributed by atoms with E-state index in [1.807, 2.05) is 17.5 Å². The van der Waals surface area contributed by atoms with Crippen molar-refractivity contribution in [2.45, 2.75) is 5.33 Å². The number of hydrogen-bond acceptors (Lipinski definition) is 3. The highest BCUT2D eigenvalue weighted by Gasteiger charge is 2.08. The van der Waals surface area contributed by atoms with E-state index in [1.165, 1.54) is 0 Å². The Kier molecular flexibility index (Phi) is 2.44. The lowest BCUT2D eigenvalue weighted by atomic mass is 10.1. The van der Waals surface area contributed by atoms with Gasteiger partial charge in [-0.15, -0.1) is 11.3 Å². The number of halogens is 1. The van der Waals surface area contributed by atoms with E-state index in [1.54, 1.807) is 11.3 Å². The Balaban J connectivity index is 2.87. The first-order valence-electron chi connectivity index (χ1n) is 4.02. The topological polar surface area (TPSA) is 49.8 Å². The molecule has 0 amide bonds. The molecule has 0 saturated heterocycles. The first-order chi connectivity index (χ1) is 6.76. The van der Waals surface area contributed by atoms with E-state index in [0.29, 0.717) is 0 Å². The van der Waals surface area contributed by atoms with Crippen LogP contribution < -0.4 is 5.73 Å². The summed E-state index contributed by atoms with van der Waals surface area (Å²) in [7, 11) is 0. The van der Waals surface area contributed by atoms with Gasteiger partial charge in [0, 0.05) is 26.5 Å². The van der Waals surface area contributed by atoms with E-state index in [-0.39, 0.29) is 0 Å². The van der Waals surface area contributed by atoms with Gasteiger partial charge in [0.15, 0.2) is 0 Å². The summed E-state index contributed by atoms with van der Waals surface area (Å²) in [4.78, 5) is 0. The maximum Gasteiger partial charge on any atom is 0.101 e. The summed E-state index contributed by atoms with van der Waals surface area (Å²) in [6.07, 6.45) is 0. The van der Waals surface area contributed by atoms with Crippen molar-refractivity contribution >= 4 is 43.0 Å². The third-order valence-electron chi connectivity index (χ3n) is 2.04. The van der Waals surface area contributed by atoms with Gasteiger partial charge < -0.3 is 5.73 Å². The lowest BCUT2D eigenvalue weighted by molar-refractivity contribution is 1.48. The molecular formula is C10H7BrN2S. The highest BCUT2D eigenvalue weighted by Crippen LogP contribution is 2.32. The highest BCUT2D eigenvalue weighted by molar-refractivity contribution is 9.08. The summed E-state index contributed by atoms with van der Waals surface area (Å²) in [5, 5.41) is 12.5. The lowest BCUT2D eigenvalue weighted by Gasteiger charge is -2.01. The first-order valence-corrected chi connectivity index (χ1v) is 6.02. The molecule has 2 nitrogen and oxygen atoms in total. The Morgan fingerprint density at radius 2 is 2.29 bits per heavy atom.